The smallest absolute Gasteiger partial charge is 0.200 e. The largest absolute Gasteiger partial charge is 0.507 e. The van der Waals surface area contributed by atoms with Gasteiger partial charge in [-0.1, -0.05) is 69.8 Å². The zero-order valence-electron chi connectivity index (χ0n) is 18.5. The number of nitrogens with zero attached hydrogens (tertiary/aromatic N) is 2. The lowest BCUT2D eigenvalue weighted by Crippen LogP contribution is -2.04. The highest BCUT2D eigenvalue weighted by atomic mass is 32.1. The second-order valence-electron chi connectivity index (χ2n) is 6.38. The number of benzene rings is 2. The maximum atomic E-state index is 10.6. The minimum atomic E-state index is 0.0302. The Morgan fingerprint density at radius 1 is 1.23 bits per heavy atom. The highest BCUT2D eigenvalue weighted by Gasteiger charge is 2.19. The van der Waals surface area contributed by atoms with Gasteiger partial charge in [-0.15, -0.1) is 0 Å². The van der Waals surface area contributed by atoms with Crippen LogP contribution in [0.2, 0.25) is 0 Å². The Kier molecular flexibility index (Phi) is 8.58. The van der Waals surface area contributed by atoms with Gasteiger partial charge in [0.05, 0.1) is 18.4 Å². The summed E-state index contributed by atoms with van der Waals surface area (Å²) >= 11 is 5.53. The molecule has 6 heteroatoms. The van der Waals surface area contributed by atoms with Crippen LogP contribution in [0.3, 0.4) is 0 Å². The van der Waals surface area contributed by atoms with Gasteiger partial charge in [0.15, 0.2) is 10.6 Å². The molecule has 0 aliphatic carbocycles. The van der Waals surface area contributed by atoms with Crippen molar-refractivity contribution in [3.8, 4) is 11.4 Å². The number of fused-ring (bicyclic) bond motifs is 1. The monoisotopic (exact) mass is 435 g/mol. The number of rotatable bonds is 7. The Bertz CT molecular complexity index is 1200. The third-order valence-corrected chi connectivity index (χ3v) is 4.86. The zero-order chi connectivity index (χ0) is 23.0. The van der Waals surface area contributed by atoms with Crippen LogP contribution in [-0.4, -0.2) is 27.0 Å². The first-order chi connectivity index (χ1) is 15.0. The van der Waals surface area contributed by atoms with Crippen molar-refractivity contribution in [1.29, 1.82) is 0 Å². The fraction of sp³-hybridized carbons (Fsp3) is 0.200. The fourth-order valence-electron chi connectivity index (χ4n) is 3.09. The summed E-state index contributed by atoms with van der Waals surface area (Å²) in [5, 5.41) is 19.8. The summed E-state index contributed by atoms with van der Waals surface area (Å²) in [6.45, 7) is 13.7. The molecule has 0 unspecified atom stereocenters. The molecular weight excluding hydrogens is 406 g/mol. The van der Waals surface area contributed by atoms with E-state index in [1.54, 1.807) is 11.7 Å². The predicted molar refractivity (Wildman–Crippen MR) is 132 cm³/mol. The van der Waals surface area contributed by atoms with Crippen LogP contribution in [0.1, 0.15) is 33.0 Å². The highest BCUT2D eigenvalue weighted by molar-refractivity contribution is 7.71. The van der Waals surface area contributed by atoms with Crippen LogP contribution < -0.4 is 4.74 Å². The number of hydrogen-bond acceptors (Lipinski definition) is 4. The van der Waals surface area contributed by atoms with E-state index in [2.05, 4.69) is 23.4 Å². The molecular formula is C25H29N3O2S. The Hall–Kier alpha value is -3.38. The van der Waals surface area contributed by atoms with Crippen LogP contribution in [0.4, 0.5) is 0 Å². The topological polar surface area (TPSA) is 63.1 Å². The molecule has 0 bridgehead atoms. The molecule has 0 atom stereocenters. The molecule has 0 aliphatic rings. The number of allylic oxidation sites excluding steroid dienone is 5. The zero-order valence-corrected chi connectivity index (χ0v) is 19.3. The molecule has 1 heterocycles. The molecule has 0 fully saturated rings. The molecule has 0 radical (unpaired) electrons. The standard InChI is InChI=1S/C23H23N3O2S.C2H6/c1-5-9-20(27)18(14-15(3)6-2)22-24-25-23(29)26(22)19-12-13-21(28-4)17-11-8-7-10-16(17)19;1-2/h5,7-14,27H,1,3,6H2,2,4H3,(H,25,29);1-2H3/b18-14+,20-9+;. The number of aliphatic hydroxyl groups is 1. The van der Waals surface area contributed by atoms with Gasteiger partial charge in [0.1, 0.15) is 11.5 Å². The van der Waals surface area contributed by atoms with Crippen LogP contribution in [-0.2, 0) is 0 Å². The van der Waals surface area contributed by atoms with E-state index in [9.17, 15) is 5.11 Å². The van der Waals surface area contributed by atoms with Crippen molar-refractivity contribution in [2.45, 2.75) is 27.2 Å². The lowest BCUT2D eigenvalue weighted by Gasteiger charge is -2.14. The lowest BCUT2D eigenvalue weighted by molar-refractivity contribution is 0.420. The van der Waals surface area contributed by atoms with Crippen molar-refractivity contribution in [2.24, 2.45) is 0 Å². The van der Waals surface area contributed by atoms with E-state index >= 15 is 0 Å². The van der Waals surface area contributed by atoms with E-state index in [-0.39, 0.29) is 5.76 Å². The van der Waals surface area contributed by atoms with Gasteiger partial charge < -0.3 is 9.84 Å². The maximum Gasteiger partial charge on any atom is 0.200 e. The number of nitrogens with one attached hydrogen (secondary N) is 1. The van der Waals surface area contributed by atoms with Gasteiger partial charge >= 0.3 is 0 Å². The van der Waals surface area contributed by atoms with Crippen LogP contribution >= 0.6 is 12.2 Å². The van der Waals surface area contributed by atoms with E-state index in [1.807, 2.05) is 63.2 Å². The van der Waals surface area contributed by atoms with E-state index in [1.165, 1.54) is 12.2 Å². The van der Waals surface area contributed by atoms with Gasteiger partial charge in [-0.05, 0) is 42.9 Å². The van der Waals surface area contributed by atoms with Crippen molar-refractivity contribution < 1.29 is 9.84 Å². The Labute approximate surface area is 188 Å². The van der Waals surface area contributed by atoms with Gasteiger partial charge in [0, 0.05) is 10.8 Å². The number of hydrogen-bond donors (Lipinski definition) is 2. The SMILES string of the molecule is C=C/C=C(O)\C(=C/C(=C)CC)c1n[nH]c(=S)n1-c1ccc(OC)c2ccccc12.CC. The van der Waals surface area contributed by atoms with Crippen LogP contribution in [0.5, 0.6) is 5.75 Å². The van der Waals surface area contributed by atoms with Crippen LogP contribution in [0.25, 0.3) is 22.0 Å². The van der Waals surface area contributed by atoms with Gasteiger partial charge in [-0.3, -0.25) is 9.67 Å². The summed E-state index contributed by atoms with van der Waals surface area (Å²) in [5.41, 5.74) is 2.18. The number of methoxy groups -OCH3 is 1. The number of H-pyrrole nitrogens is 1. The van der Waals surface area contributed by atoms with E-state index in [0.717, 1.165) is 34.2 Å². The Morgan fingerprint density at radius 2 is 1.90 bits per heavy atom. The molecule has 31 heavy (non-hydrogen) atoms. The summed E-state index contributed by atoms with van der Waals surface area (Å²) in [7, 11) is 1.64. The molecule has 1 aromatic heterocycles. The molecule has 3 aromatic rings. The number of ether oxygens (including phenoxy) is 1. The first-order valence-electron chi connectivity index (χ1n) is 10.2. The maximum absolute atomic E-state index is 10.6. The highest BCUT2D eigenvalue weighted by Crippen LogP contribution is 2.33. The molecule has 162 valence electrons. The molecule has 0 spiro atoms. The van der Waals surface area contributed by atoms with Crippen LogP contribution in [0, 0.1) is 4.77 Å². The van der Waals surface area contributed by atoms with Crippen molar-refractivity contribution >= 4 is 28.6 Å². The molecule has 2 N–H and O–H groups in total. The van der Waals surface area contributed by atoms with Crippen molar-refractivity contribution in [3.63, 3.8) is 0 Å². The third kappa shape index (κ3) is 5.03. The summed E-state index contributed by atoms with van der Waals surface area (Å²) in [6.07, 6.45) is 5.58. The minimum Gasteiger partial charge on any atom is -0.507 e. The van der Waals surface area contributed by atoms with Gasteiger partial charge in [0.25, 0.3) is 0 Å². The molecule has 2 aromatic carbocycles. The van der Waals surface area contributed by atoms with Crippen molar-refractivity contribution in [3.05, 3.63) is 89.7 Å². The van der Waals surface area contributed by atoms with E-state index < -0.39 is 0 Å². The van der Waals surface area contributed by atoms with Gasteiger partial charge in [0.2, 0.25) is 0 Å². The molecule has 5 nitrogen and oxygen atoms in total. The first-order valence-corrected chi connectivity index (χ1v) is 10.6. The van der Waals surface area contributed by atoms with E-state index in [0.29, 0.717) is 16.2 Å². The molecule has 0 saturated heterocycles. The average molecular weight is 436 g/mol. The minimum absolute atomic E-state index is 0.0302. The summed E-state index contributed by atoms with van der Waals surface area (Å²) in [5.74, 6) is 1.28. The Morgan fingerprint density at radius 3 is 2.52 bits per heavy atom. The third-order valence-electron chi connectivity index (χ3n) is 4.59. The van der Waals surface area contributed by atoms with Gasteiger partial charge in [-0.25, -0.2) is 0 Å². The average Bonchev–Trinajstić information content (AvgIpc) is 3.18. The second-order valence-corrected chi connectivity index (χ2v) is 6.76. The molecule has 0 amide bonds. The molecule has 0 aliphatic heterocycles. The van der Waals surface area contributed by atoms with Gasteiger partial charge in [-0.2, -0.15) is 5.10 Å². The number of aromatic nitrogens is 3. The molecule has 0 saturated carbocycles. The summed E-state index contributed by atoms with van der Waals surface area (Å²) in [4.78, 5) is 0. The van der Waals surface area contributed by atoms with E-state index in [4.69, 9.17) is 17.0 Å². The van der Waals surface area contributed by atoms with Crippen LogP contribution in [0.15, 0.2) is 79.1 Å². The van der Waals surface area contributed by atoms with Crippen molar-refractivity contribution in [2.75, 3.05) is 7.11 Å². The lowest BCUT2D eigenvalue weighted by atomic mass is 10.1. The molecule has 3 rings (SSSR count). The summed E-state index contributed by atoms with van der Waals surface area (Å²) < 4.78 is 7.72. The first kappa shape index (κ1) is 23.9. The van der Waals surface area contributed by atoms with Crippen molar-refractivity contribution in [1.82, 2.24) is 14.8 Å². The fourth-order valence-corrected chi connectivity index (χ4v) is 3.32. The normalized spacial score (nSPS) is 11.6. The quantitative estimate of drug-likeness (QED) is 0.236. The number of aromatic amines is 1. The second kappa shape index (κ2) is 11.1. The number of aliphatic hydroxyl groups excluding tert-OH is 1. The Balaban J connectivity index is 0.00000166. The predicted octanol–water partition coefficient (Wildman–Crippen LogP) is 7.10. The summed E-state index contributed by atoms with van der Waals surface area (Å²) in [6, 6.07) is 11.7.